The highest BCUT2D eigenvalue weighted by molar-refractivity contribution is 5.67. The predicted octanol–water partition coefficient (Wildman–Crippen LogP) is 1.91. The van der Waals surface area contributed by atoms with Gasteiger partial charge in [-0.25, -0.2) is 14.8 Å². The average Bonchev–Trinajstić information content (AvgIpc) is 2.49. The minimum absolute atomic E-state index is 0.225. The number of carbonyl (C=O) groups excluding carboxylic acids is 1. The van der Waals surface area contributed by atoms with Crippen molar-refractivity contribution >= 4 is 11.9 Å². The van der Waals surface area contributed by atoms with Crippen molar-refractivity contribution in [2.45, 2.75) is 32.7 Å². The van der Waals surface area contributed by atoms with Crippen molar-refractivity contribution in [2.24, 2.45) is 0 Å². The van der Waals surface area contributed by atoms with Gasteiger partial charge in [-0.3, -0.25) is 0 Å². The second kappa shape index (κ2) is 7.66. The van der Waals surface area contributed by atoms with Crippen LogP contribution in [-0.4, -0.2) is 53.3 Å². The zero-order chi connectivity index (χ0) is 15.1. The van der Waals surface area contributed by atoms with Crippen molar-refractivity contribution in [3.63, 3.8) is 0 Å². The van der Waals surface area contributed by atoms with Gasteiger partial charge in [0.2, 0.25) is 5.88 Å². The molecule has 0 radical (unpaired) electrons. The van der Waals surface area contributed by atoms with E-state index in [9.17, 15) is 4.79 Å². The van der Waals surface area contributed by atoms with E-state index < -0.39 is 0 Å². The van der Waals surface area contributed by atoms with Crippen molar-refractivity contribution in [3.8, 4) is 5.88 Å². The largest absolute Gasteiger partial charge is 0.478 e. The highest BCUT2D eigenvalue weighted by Gasteiger charge is 2.23. The molecule has 0 saturated carbocycles. The molecule has 1 saturated heterocycles. The van der Waals surface area contributed by atoms with Crippen molar-refractivity contribution in [3.05, 3.63) is 12.4 Å². The lowest BCUT2D eigenvalue weighted by molar-refractivity contribution is 0.0983. The van der Waals surface area contributed by atoms with E-state index in [0.29, 0.717) is 38.2 Å². The molecular weight excluding hydrogens is 272 g/mol. The van der Waals surface area contributed by atoms with Crippen molar-refractivity contribution in [1.82, 2.24) is 14.9 Å². The lowest BCUT2D eigenvalue weighted by Gasteiger charge is -2.31. The molecule has 1 amide bonds. The molecule has 7 heteroatoms. The van der Waals surface area contributed by atoms with Crippen LogP contribution in [0.15, 0.2) is 12.4 Å². The number of rotatable bonds is 5. The SMILES string of the molecule is CCOC(=O)N1CCC(Nc2cc(OCC)ncn2)CC1. The summed E-state index contributed by atoms with van der Waals surface area (Å²) in [4.78, 5) is 21.6. The zero-order valence-electron chi connectivity index (χ0n) is 12.5. The number of nitrogens with one attached hydrogen (secondary N) is 1. The molecular formula is C14H22N4O3. The Morgan fingerprint density at radius 3 is 2.76 bits per heavy atom. The Labute approximate surface area is 124 Å². The first-order valence-corrected chi connectivity index (χ1v) is 7.36. The molecule has 7 nitrogen and oxygen atoms in total. The van der Waals surface area contributed by atoms with Crippen LogP contribution in [0.5, 0.6) is 5.88 Å². The van der Waals surface area contributed by atoms with Gasteiger partial charge in [0.25, 0.3) is 0 Å². The molecule has 0 aliphatic carbocycles. The lowest BCUT2D eigenvalue weighted by atomic mass is 10.1. The topological polar surface area (TPSA) is 76.6 Å². The first-order chi connectivity index (χ1) is 10.2. The monoisotopic (exact) mass is 294 g/mol. The minimum Gasteiger partial charge on any atom is -0.478 e. The summed E-state index contributed by atoms with van der Waals surface area (Å²) < 4.78 is 10.4. The van der Waals surface area contributed by atoms with Gasteiger partial charge in [-0.15, -0.1) is 0 Å². The van der Waals surface area contributed by atoms with Gasteiger partial charge in [-0.05, 0) is 26.7 Å². The summed E-state index contributed by atoms with van der Waals surface area (Å²) in [7, 11) is 0. The quantitative estimate of drug-likeness (QED) is 0.894. The second-order valence-corrected chi connectivity index (χ2v) is 4.78. The van der Waals surface area contributed by atoms with Gasteiger partial charge in [0, 0.05) is 25.2 Å². The fraction of sp³-hybridized carbons (Fsp3) is 0.643. The molecule has 0 atom stereocenters. The fourth-order valence-electron chi connectivity index (χ4n) is 2.28. The molecule has 1 aromatic heterocycles. The molecule has 1 fully saturated rings. The van der Waals surface area contributed by atoms with Gasteiger partial charge in [0.05, 0.1) is 13.2 Å². The molecule has 1 aromatic rings. The third-order valence-corrected chi connectivity index (χ3v) is 3.31. The molecule has 1 aliphatic rings. The van der Waals surface area contributed by atoms with Gasteiger partial charge in [0.1, 0.15) is 12.1 Å². The molecule has 1 aliphatic heterocycles. The number of hydrogen-bond donors (Lipinski definition) is 1. The smallest absolute Gasteiger partial charge is 0.409 e. The van der Waals surface area contributed by atoms with E-state index in [2.05, 4.69) is 15.3 Å². The van der Waals surface area contributed by atoms with Crippen LogP contribution in [-0.2, 0) is 4.74 Å². The summed E-state index contributed by atoms with van der Waals surface area (Å²) in [6, 6.07) is 2.08. The maximum absolute atomic E-state index is 11.6. The van der Waals surface area contributed by atoms with E-state index in [1.165, 1.54) is 6.33 Å². The van der Waals surface area contributed by atoms with E-state index in [0.717, 1.165) is 18.7 Å². The van der Waals surface area contributed by atoms with Gasteiger partial charge >= 0.3 is 6.09 Å². The molecule has 0 bridgehead atoms. The van der Waals surface area contributed by atoms with E-state index in [1.807, 2.05) is 13.8 Å². The molecule has 1 N–H and O–H groups in total. The number of ether oxygens (including phenoxy) is 2. The maximum Gasteiger partial charge on any atom is 0.409 e. The maximum atomic E-state index is 11.6. The number of likely N-dealkylation sites (tertiary alicyclic amines) is 1. The van der Waals surface area contributed by atoms with Crippen LogP contribution in [0.4, 0.5) is 10.6 Å². The summed E-state index contributed by atoms with van der Waals surface area (Å²) in [5, 5.41) is 3.36. The summed E-state index contributed by atoms with van der Waals surface area (Å²) in [6.45, 7) is 6.12. The van der Waals surface area contributed by atoms with E-state index >= 15 is 0 Å². The fourth-order valence-corrected chi connectivity index (χ4v) is 2.28. The van der Waals surface area contributed by atoms with E-state index in [1.54, 1.807) is 11.0 Å². The van der Waals surface area contributed by atoms with Gasteiger partial charge < -0.3 is 19.7 Å². The number of aromatic nitrogens is 2. The Kier molecular flexibility index (Phi) is 5.59. The third-order valence-electron chi connectivity index (χ3n) is 3.31. The van der Waals surface area contributed by atoms with Gasteiger partial charge in [-0.1, -0.05) is 0 Å². The first kappa shape index (κ1) is 15.3. The Hall–Kier alpha value is -2.05. The number of hydrogen-bond acceptors (Lipinski definition) is 6. The third kappa shape index (κ3) is 4.47. The second-order valence-electron chi connectivity index (χ2n) is 4.78. The lowest BCUT2D eigenvalue weighted by Crippen LogP contribution is -2.42. The molecule has 0 unspecified atom stereocenters. The molecule has 2 heterocycles. The summed E-state index contributed by atoms with van der Waals surface area (Å²) in [5.74, 6) is 1.32. The van der Waals surface area contributed by atoms with Crippen LogP contribution < -0.4 is 10.1 Å². The summed E-state index contributed by atoms with van der Waals surface area (Å²) >= 11 is 0. The predicted molar refractivity (Wildman–Crippen MR) is 78.4 cm³/mol. The van der Waals surface area contributed by atoms with Crippen LogP contribution in [0, 0.1) is 0 Å². The number of nitrogens with zero attached hydrogens (tertiary/aromatic N) is 3. The number of amides is 1. The molecule has 21 heavy (non-hydrogen) atoms. The molecule has 0 aromatic carbocycles. The van der Waals surface area contributed by atoms with Crippen LogP contribution in [0.2, 0.25) is 0 Å². The molecule has 0 spiro atoms. The molecule has 116 valence electrons. The average molecular weight is 294 g/mol. The van der Waals surface area contributed by atoms with E-state index in [4.69, 9.17) is 9.47 Å². The highest BCUT2D eigenvalue weighted by atomic mass is 16.6. The van der Waals surface area contributed by atoms with Crippen LogP contribution in [0.25, 0.3) is 0 Å². The number of piperidine rings is 1. The number of anilines is 1. The van der Waals surface area contributed by atoms with Crippen LogP contribution in [0.3, 0.4) is 0 Å². The van der Waals surface area contributed by atoms with Crippen LogP contribution >= 0.6 is 0 Å². The standard InChI is InChI=1S/C14H22N4O3/c1-3-20-13-9-12(15-10-16-13)17-11-5-7-18(8-6-11)14(19)21-4-2/h9-11H,3-8H2,1-2H3,(H,15,16,17). The minimum atomic E-state index is -0.225. The summed E-state index contributed by atoms with van der Waals surface area (Å²) in [6.07, 6.45) is 3.00. The highest BCUT2D eigenvalue weighted by Crippen LogP contribution is 2.17. The normalized spacial score (nSPS) is 15.6. The first-order valence-electron chi connectivity index (χ1n) is 7.36. The molecule has 2 rings (SSSR count). The van der Waals surface area contributed by atoms with Crippen molar-refractivity contribution < 1.29 is 14.3 Å². The Morgan fingerprint density at radius 2 is 2.10 bits per heavy atom. The van der Waals surface area contributed by atoms with E-state index in [-0.39, 0.29) is 6.09 Å². The summed E-state index contributed by atoms with van der Waals surface area (Å²) in [5.41, 5.74) is 0. The Morgan fingerprint density at radius 1 is 1.33 bits per heavy atom. The van der Waals surface area contributed by atoms with Crippen molar-refractivity contribution in [1.29, 1.82) is 0 Å². The van der Waals surface area contributed by atoms with Crippen molar-refractivity contribution in [2.75, 3.05) is 31.6 Å². The van der Waals surface area contributed by atoms with Crippen LogP contribution in [0.1, 0.15) is 26.7 Å². The Balaban J connectivity index is 1.83. The number of carbonyl (C=O) groups is 1. The Bertz CT molecular complexity index is 461. The zero-order valence-corrected chi connectivity index (χ0v) is 12.5. The van der Waals surface area contributed by atoms with Gasteiger partial charge in [-0.2, -0.15) is 0 Å². The van der Waals surface area contributed by atoms with Gasteiger partial charge in [0.15, 0.2) is 0 Å².